The van der Waals surface area contributed by atoms with Gasteiger partial charge in [0.15, 0.2) is 11.5 Å². The summed E-state index contributed by atoms with van der Waals surface area (Å²) in [5, 5.41) is 3.44. The number of Topliss-reactive ketones (excluding diaryl/α,β-unsaturated/α-hetero) is 1. The molecule has 0 aromatic heterocycles. The molecule has 3 heterocycles. The average Bonchev–Trinajstić information content (AvgIpc) is 2.81. The van der Waals surface area contributed by atoms with Gasteiger partial charge in [-0.2, -0.15) is 0 Å². The highest BCUT2D eigenvalue weighted by Gasteiger charge is 2.58. The van der Waals surface area contributed by atoms with Crippen molar-refractivity contribution in [2.45, 2.75) is 37.3 Å². The summed E-state index contributed by atoms with van der Waals surface area (Å²) in [6, 6.07) is 7.96. The first-order chi connectivity index (χ1) is 13.2. The molecule has 4 atom stereocenters. The van der Waals surface area contributed by atoms with Crippen molar-refractivity contribution in [1.82, 2.24) is 10.2 Å². The van der Waals surface area contributed by atoms with Crippen LogP contribution in [0.2, 0.25) is 0 Å². The van der Waals surface area contributed by atoms with Crippen molar-refractivity contribution >= 4 is 11.7 Å². The summed E-state index contributed by atoms with van der Waals surface area (Å²) in [5.41, 5.74) is 0.496. The van der Waals surface area contributed by atoms with Gasteiger partial charge < -0.3 is 14.4 Å². The molecule has 144 valence electrons. The minimum atomic E-state index is -0.634. The van der Waals surface area contributed by atoms with Crippen molar-refractivity contribution in [3.05, 3.63) is 29.8 Å². The number of rotatable bonds is 1. The van der Waals surface area contributed by atoms with E-state index in [1.807, 2.05) is 29.2 Å². The van der Waals surface area contributed by atoms with E-state index in [4.69, 9.17) is 9.47 Å². The highest BCUT2D eigenvalue weighted by molar-refractivity contribution is 6.03. The van der Waals surface area contributed by atoms with Gasteiger partial charge in [0.1, 0.15) is 11.7 Å². The number of para-hydroxylation sites is 1. The Balaban J connectivity index is 1.61. The third-order valence-electron chi connectivity index (χ3n) is 6.77. The van der Waals surface area contributed by atoms with E-state index in [-0.39, 0.29) is 30.1 Å². The Hall–Kier alpha value is -1.92. The molecule has 27 heavy (non-hydrogen) atoms. The first kappa shape index (κ1) is 17.2. The van der Waals surface area contributed by atoms with Gasteiger partial charge in [0.2, 0.25) is 5.91 Å². The molecular weight excluding hydrogens is 344 g/mol. The number of fused-ring (bicyclic) bond motifs is 2. The van der Waals surface area contributed by atoms with E-state index in [9.17, 15) is 9.59 Å². The van der Waals surface area contributed by atoms with Crippen LogP contribution in [0.15, 0.2) is 24.3 Å². The molecule has 6 nitrogen and oxygen atoms in total. The maximum atomic E-state index is 13.5. The third kappa shape index (κ3) is 2.69. The van der Waals surface area contributed by atoms with E-state index < -0.39 is 11.6 Å². The van der Waals surface area contributed by atoms with E-state index in [1.54, 1.807) is 0 Å². The summed E-state index contributed by atoms with van der Waals surface area (Å²) in [6.45, 7) is 2.42. The van der Waals surface area contributed by atoms with Gasteiger partial charge in [0, 0.05) is 31.3 Å². The Labute approximate surface area is 159 Å². The first-order valence-corrected chi connectivity index (χ1v) is 10.1. The van der Waals surface area contributed by atoms with E-state index in [0.29, 0.717) is 26.3 Å². The van der Waals surface area contributed by atoms with Gasteiger partial charge in [0.05, 0.1) is 19.8 Å². The molecule has 4 unspecified atom stereocenters. The van der Waals surface area contributed by atoms with Gasteiger partial charge in [-0.1, -0.05) is 24.6 Å². The molecule has 1 aliphatic carbocycles. The molecule has 3 fully saturated rings. The Morgan fingerprint density at radius 3 is 2.85 bits per heavy atom. The summed E-state index contributed by atoms with van der Waals surface area (Å²) in [4.78, 5) is 28.5. The topological polar surface area (TPSA) is 67.9 Å². The van der Waals surface area contributed by atoms with Gasteiger partial charge in [-0.15, -0.1) is 0 Å². The zero-order valence-electron chi connectivity index (χ0n) is 15.5. The second-order valence-electron chi connectivity index (χ2n) is 8.14. The lowest BCUT2D eigenvalue weighted by molar-refractivity contribution is -0.146. The zero-order valence-corrected chi connectivity index (χ0v) is 15.5. The fourth-order valence-electron chi connectivity index (χ4n) is 5.51. The second-order valence-corrected chi connectivity index (χ2v) is 8.14. The number of nitrogens with one attached hydrogen (secondary N) is 1. The number of ketones is 1. The van der Waals surface area contributed by atoms with Crippen LogP contribution >= 0.6 is 0 Å². The molecular formula is C21H26N2O4. The van der Waals surface area contributed by atoms with Crippen LogP contribution in [0.4, 0.5) is 0 Å². The fraction of sp³-hybridized carbons (Fsp3) is 0.619. The van der Waals surface area contributed by atoms with E-state index >= 15 is 0 Å². The molecule has 2 saturated heterocycles. The maximum Gasteiger partial charge on any atom is 0.234 e. The number of hydrogen-bond donors (Lipinski definition) is 1. The molecule has 0 spiro atoms. The molecule has 3 aliphatic heterocycles. The van der Waals surface area contributed by atoms with Gasteiger partial charge >= 0.3 is 0 Å². The van der Waals surface area contributed by atoms with Crippen molar-refractivity contribution in [1.29, 1.82) is 0 Å². The molecule has 1 aromatic carbocycles. The largest absolute Gasteiger partial charge is 0.472 e. The summed E-state index contributed by atoms with van der Waals surface area (Å²) in [6.07, 6.45) is 4.05. The summed E-state index contributed by atoms with van der Waals surface area (Å²) < 4.78 is 11.9. The SMILES string of the molecule is O=C1CNC23CCCCC2C(c2ccccc2O3)C1C(=O)N1CCOCC1. The van der Waals surface area contributed by atoms with Crippen LogP contribution in [-0.4, -0.2) is 55.2 Å². The molecule has 4 aliphatic rings. The van der Waals surface area contributed by atoms with E-state index in [1.165, 1.54) is 0 Å². The maximum absolute atomic E-state index is 13.5. The van der Waals surface area contributed by atoms with Crippen molar-refractivity contribution in [3.63, 3.8) is 0 Å². The number of benzene rings is 1. The molecule has 5 rings (SSSR count). The number of amides is 1. The van der Waals surface area contributed by atoms with Crippen molar-refractivity contribution < 1.29 is 19.1 Å². The number of carbonyl (C=O) groups is 2. The van der Waals surface area contributed by atoms with Crippen LogP contribution in [0, 0.1) is 11.8 Å². The highest BCUT2D eigenvalue weighted by Crippen LogP contribution is 2.54. The zero-order chi connectivity index (χ0) is 18.4. The normalized spacial score (nSPS) is 35.5. The van der Waals surface area contributed by atoms with Crippen LogP contribution in [0.25, 0.3) is 0 Å². The minimum absolute atomic E-state index is 0.00873. The van der Waals surface area contributed by atoms with E-state index in [2.05, 4.69) is 5.32 Å². The quantitative estimate of drug-likeness (QED) is 0.762. The van der Waals surface area contributed by atoms with Crippen LogP contribution in [-0.2, 0) is 14.3 Å². The molecule has 0 radical (unpaired) electrons. The molecule has 1 saturated carbocycles. The number of hydrogen-bond acceptors (Lipinski definition) is 5. The van der Waals surface area contributed by atoms with Gasteiger partial charge in [-0.05, 0) is 24.5 Å². The molecule has 1 amide bonds. The van der Waals surface area contributed by atoms with Crippen LogP contribution in [0.3, 0.4) is 0 Å². The van der Waals surface area contributed by atoms with Gasteiger partial charge in [0.25, 0.3) is 0 Å². The average molecular weight is 370 g/mol. The molecule has 1 N–H and O–H groups in total. The van der Waals surface area contributed by atoms with Crippen molar-refractivity contribution in [2.24, 2.45) is 11.8 Å². The summed E-state index contributed by atoms with van der Waals surface area (Å²) in [7, 11) is 0. The lowest BCUT2D eigenvalue weighted by atomic mass is 9.65. The number of carbonyl (C=O) groups excluding carboxylic acids is 2. The Morgan fingerprint density at radius 1 is 1.19 bits per heavy atom. The van der Waals surface area contributed by atoms with Crippen LogP contribution in [0.5, 0.6) is 5.75 Å². The lowest BCUT2D eigenvalue weighted by Gasteiger charge is -2.51. The third-order valence-corrected chi connectivity index (χ3v) is 6.77. The number of nitrogens with zero attached hydrogens (tertiary/aromatic N) is 1. The van der Waals surface area contributed by atoms with Crippen LogP contribution < -0.4 is 10.1 Å². The van der Waals surface area contributed by atoms with Crippen molar-refractivity contribution in [3.8, 4) is 5.75 Å². The Bertz CT molecular complexity index is 760. The minimum Gasteiger partial charge on any atom is -0.472 e. The van der Waals surface area contributed by atoms with E-state index in [0.717, 1.165) is 37.0 Å². The molecule has 2 bridgehead atoms. The van der Waals surface area contributed by atoms with Crippen molar-refractivity contribution in [2.75, 3.05) is 32.8 Å². The molecule has 6 heteroatoms. The summed E-state index contributed by atoms with van der Waals surface area (Å²) in [5.74, 6) is 0.169. The van der Waals surface area contributed by atoms with Gasteiger partial charge in [-0.3, -0.25) is 14.9 Å². The monoisotopic (exact) mass is 370 g/mol. The second kappa shape index (κ2) is 6.60. The standard InChI is InChI=1S/C21H26N2O4/c24-16-13-22-21-8-4-3-6-15(21)18(14-5-1-2-7-17(14)27-21)19(16)20(25)23-9-11-26-12-10-23/h1-2,5,7,15,18-19,22H,3-4,6,8-13H2. The van der Waals surface area contributed by atoms with Crippen LogP contribution in [0.1, 0.15) is 37.2 Å². The summed E-state index contributed by atoms with van der Waals surface area (Å²) >= 11 is 0. The predicted molar refractivity (Wildman–Crippen MR) is 98.4 cm³/mol. The number of morpholine rings is 1. The lowest BCUT2D eigenvalue weighted by Crippen LogP contribution is -2.60. The Kier molecular flexibility index (Phi) is 4.20. The predicted octanol–water partition coefficient (Wildman–Crippen LogP) is 1.70. The molecule has 1 aromatic rings. The fourth-order valence-corrected chi connectivity index (χ4v) is 5.51. The highest BCUT2D eigenvalue weighted by atomic mass is 16.5. The smallest absolute Gasteiger partial charge is 0.234 e. The number of ether oxygens (including phenoxy) is 2. The van der Waals surface area contributed by atoms with Gasteiger partial charge in [-0.25, -0.2) is 0 Å². The first-order valence-electron chi connectivity index (χ1n) is 10.1. The Morgan fingerprint density at radius 2 is 2.00 bits per heavy atom.